The Balaban J connectivity index is 1.82. The molecule has 0 saturated heterocycles. The van der Waals surface area contributed by atoms with Gasteiger partial charge in [-0.1, -0.05) is 42.1 Å². The first kappa shape index (κ1) is 17.3. The summed E-state index contributed by atoms with van der Waals surface area (Å²) in [5, 5.41) is 1.21. The molecule has 5 nitrogen and oxygen atoms in total. The van der Waals surface area contributed by atoms with Crippen molar-refractivity contribution in [1.29, 1.82) is 0 Å². The van der Waals surface area contributed by atoms with Gasteiger partial charge in [-0.25, -0.2) is 4.98 Å². The van der Waals surface area contributed by atoms with Crippen molar-refractivity contribution in [2.75, 3.05) is 7.11 Å². The van der Waals surface area contributed by atoms with Crippen LogP contribution in [0.15, 0.2) is 83.0 Å². The Morgan fingerprint density at radius 2 is 1.85 bits per heavy atom. The first-order valence-electron chi connectivity index (χ1n) is 8.45. The highest BCUT2D eigenvalue weighted by Gasteiger charge is 2.14. The summed E-state index contributed by atoms with van der Waals surface area (Å²) < 4.78 is 7.05. The number of pyridine rings is 1. The average Bonchev–Trinajstić information content (AvgIpc) is 2.73. The fourth-order valence-electron chi connectivity index (χ4n) is 2.89. The first-order valence-corrected chi connectivity index (χ1v) is 9.43. The van der Waals surface area contributed by atoms with Gasteiger partial charge in [-0.3, -0.25) is 14.3 Å². The summed E-state index contributed by atoms with van der Waals surface area (Å²) in [6.45, 7) is 0. The molecular formula is C21H17N3O2S. The molecule has 4 aromatic rings. The van der Waals surface area contributed by atoms with E-state index in [0.717, 1.165) is 11.3 Å². The van der Waals surface area contributed by atoms with Gasteiger partial charge in [-0.15, -0.1) is 0 Å². The maximum absolute atomic E-state index is 13.1. The maximum atomic E-state index is 13.1. The minimum absolute atomic E-state index is 0.101. The van der Waals surface area contributed by atoms with Crippen molar-refractivity contribution in [2.45, 2.75) is 10.9 Å². The molecule has 0 spiro atoms. The highest BCUT2D eigenvalue weighted by atomic mass is 32.2. The highest BCUT2D eigenvalue weighted by molar-refractivity contribution is 7.98. The Morgan fingerprint density at radius 3 is 2.67 bits per heavy atom. The van der Waals surface area contributed by atoms with Crippen LogP contribution in [-0.2, 0) is 5.75 Å². The summed E-state index contributed by atoms with van der Waals surface area (Å²) >= 11 is 1.50. The molecule has 4 rings (SSSR count). The van der Waals surface area contributed by atoms with E-state index < -0.39 is 0 Å². The Labute approximate surface area is 160 Å². The lowest BCUT2D eigenvalue weighted by Gasteiger charge is -2.13. The van der Waals surface area contributed by atoms with Crippen LogP contribution in [0.4, 0.5) is 0 Å². The molecule has 0 aliphatic carbocycles. The van der Waals surface area contributed by atoms with Crippen molar-refractivity contribution < 1.29 is 4.74 Å². The van der Waals surface area contributed by atoms with E-state index in [1.807, 2.05) is 54.6 Å². The van der Waals surface area contributed by atoms with Crippen molar-refractivity contribution in [3.63, 3.8) is 0 Å². The summed E-state index contributed by atoms with van der Waals surface area (Å²) in [7, 11) is 1.66. The van der Waals surface area contributed by atoms with Crippen molar-refractivity contribution in [2.24, 2.45) is 0 Å². The Hall–Kier alpha value is -3.12. The van der Waals surface area contributed by atoms with Crippen molar-refractivity contribution in [3.8, 4) is 11.4 Å². The van der Waals surface area contributed by atoms with Crippen LogP contribution < -0.4 is 10.3 Å². The van der Waals surface area contributed by atoms with Crippen LogP contribution in [0.25, 0.3) is 16.6 Å². The molecule has 0 aliphatic rings. The molecule has 134 valence electrons. The lowest BCUT2D eigenvalue weighted by molar-refractivity contribution is 0.411. The minimum Gasteiger partial charge on any atom is -0.496 e. The van der Waals surface area contributed by atoms with Gasteiger partial charge in [0, 0.05) is 17.5 Å². The van der Waals surface area contributed by atoms with Crippen LogP contribution in [0, 0.1) is 0 Å². The zero-order valence-electron chi connectivity index (χ0n) is 14.7. The molecular weight excluding hydrogens is 358 g/mol. The quantitative estimate of drug-likeness (QED) is 0.389. The fraction of sp³-hybridized carbons (Fsp3) is 0.0952. The van der Waals surface area contributed by atoms with Gasteiger partial charge in [0.15, 0.2) is 5.16 Å². The van der Waals surface area contributed by atoms with E-state index in [2.05, 4.69) is 4.98 Å². The van der Waals surface area contributed by atoms with E-state index in [-0.39, 0.29) is 5.56 Å². The number of fused-ring (bicyclic) bond motifs is 1. The van der Waals surface area contributed by atoms with Crippen molar-refractivity contribution in [1.82, 2.24) is 14.5 Å². The largest absolute Gasteiger partial charge is 0.496 e. The number of hydrogen-bond donors (Lipinski definition) is 0. The van der Waals surface area contributed by atoms with Gasteiger partial charge < -0.3 is 4.74 Å². The summed E-state index contributed by atoms with van der Waals surface area (Å²) in [5.74, 6) is 1.45. The number of methoxy groups -OCH3 is 1. The van der Waals surface area contributed by atoms with Gasteiger partial charge in [0.25, 0.3) is 5.56 Å². The number of nitrogens with zero attached hydrogens (tertiary/aromatic N) is 3. The van der Waals surface area contributed by atoms with E-state index in [9.17, 15) is 4.79 Å². The predicted molar refractivity (Wildman–Crippen MR) is 108 cm³/mol. The van der Waals surface area contributed by atoms with Crippen LogP contribution >= 0.6 is 11.8 Å². The SMILES string of the molecule is COc1ccccc1CSc1nc2ccccc2c(=O)n1-c1cccnc1. The number of benzene rings is 2. The van der Waals surface area contributed by atoms with E-state index in [0.29, 0.717) is 27.5 Å². The number of para-hydroxylation sites is 2. The topological polar surface area (TPSA) is 57.0 Å². The molecule has 0 atom stereocenters. The van der Waals surface area contributed by atoms with Crippen LogP contribution in [0.3, 0.4) is 0 Å². The Bertz CT molecular complexity index is 1140. The van der Waals surface area contributed by atoms with Crippen LogP contribution in [-0.4, -0.2) is 21.6 Å². The third kappa shape index (κ3) is 3.44. The van der Waals surface area contributed by atoms with Crippen LogP contribution in [0.5, 0.6) is 5.75 Å². The van der Waals surface area contributed by atoms with Crippen molar-refractivity contribution in [3.05, 3.63) is 89.0 Å². The third-order valence-corrected chi connectivity index (χ3v) is 5.19. The molecule has 0 radical (unpaired) electrons. The van der Waals surface area contributed by atoms with Gasteiger partial charge in [0.2, 0.25) is 0 Å². The smallest absolute Gasteiger partial charge is 0.266 e. The summed E-state index contributed by atoms with van der Waals surface area (Å²) in [4.78, 5) is 22.0. The number of rotatable bonds is 5. The maximum Gasteiger partial charge on any atom is 0.266 e. The summed E-state index contributed by atoms with van der Waals surface area (Å²) in [5.41, 5.74) is 2.33. The number of thioether (sulfide) groups is 1. The van der Waals surface area contributed by atoms with Crippen LogP contribution in [0.2, 0.25) is 0 Å². The molecule has 0 amide bonds. The molecule has 0 saturated carbocycles. The van der Waals surface area contributed by atoms with E-state index in [1.54, 1.807) is 30.1 Å². The second-order valence-electron chi connectivity index (χ2n) is 5.86. The lowest BCUT2D eigenvalue weighted by atomic mass is 10.2. The average molecular weight is 375 g/mol. The summed E-state index contributed by atoms with van der Waals surface area (Å²) in [6, 6.07) is 18.9. The molecule has 27 heavy (non-hydrogen) atoms. The molecule has 0 bridgehead atoms. The van der Waals surface area contributed by atoms with Crippen molar-refractivity contribution >= 4 is 22.7 Å². The second-order valence-corrected chi connectivity index (χ2v) is 6.81. The molecule has 2 aromatic carbocycles. The minimum atomic E-state index is -0.101. The first-order chi connectivity index (χ1) is 13.3. The zero-order valence-corrected chi connectivity index (χ0v) is 15.5. The third-order valence-electron chi connectivity index (χ3n) is 4.20. The van der Waals surface area contributed by atoms with Gasteiger partial charge >= 0.3 is 0 Å². The Kier molecular flexibility index (Phi) is 4.89. The fourth-order valence-corrected chi connectivity index (χ4v) is 3.89. The molecule has 6 heteroatoms. The molecule has 0 unspecified atom stereocenters. The van der Waals surface area contributed by atoms with Gasteiger partial charge in [-0.2, -0.15) is 0 Å². The molecule has 0 N–H and O–H groups in total. The molecule has 2 aromatic heterocycles. The monoisotopic (exact) mass is 375 g/mol. The second kappa shape index (κ2) is 7.63. The number of ether oxygens (including phenoxy) is 1. The molecule has 0 fully saturated rings. The number of aromatic nitrogens is 3. The number of hydrogen-bond acceptors (Lipinski definition) is 5. The molecule has 0 aliphatic heterocycles. The summed E-state index contributed by atoms with van der Waals surface area (Å²) in [6.07, 6.45) is 3.36. The van der Waals surface area contributed by atoms with Gasteiger partial charge in [-0.05, 0) is 30.3 Å². The highest BCUT2D eigenvalue weighted by Crippen LogP contribution is 2.28. The molecule has 2 heterocycles. The normalized spacial score (nSPS) is 10.9. The van der Waals surface area contributed by atoms with E-state index in [1.165, 1.54) is 11.8 Å². The zero-order chi connectivity index (χ0) is 18.6. The van der Waals surface area contributed by atoms with E-state index in [4.69, 9.17) is 9.72 Å². The van der Waals surface area contributed by atoms with Crippen LogP contribution in [0.1, 0.15) is 5.56 Å². The van der Waals surface area contributed by atoms with Gasteiger partial charge in [0.1, 0.15) is 5.75 Å². The lowest BCUT2D eigenvalue weighted by Crippen LogP contribution is -2.21. The van der Waals surface area contributed by atoms with E-state index >= 15 is 0 Å². The predicted octanol–water partition coefficient (Wildman–Crippen LogP) is 4.08. The van der Waals surface area contributed by atoms with Gasteiger partial charge in [0.05, 0.1) is 29.9 Å². The Morgan fingerprint density at radius 1 is 1.04 bits per heavy atom. The standard InChI is InChI=1S/C21H17N3O2S/c1-26-19-11-5-2-7-15(19)14-27-21-23-18-10-4-3-9-17(18)20(25)24(21)16-8-6-12-22-13-16/h2-13H,14H2,1H3.